The minimum atomic E-state index is -0.509. The first kappa shape index (κ1) is 10.8. The smallest absolute Gasteiger partial charge is 0.0768 e. The van der Waals surface area contributed by atoms with Crippen LogP contribution in [0, 0.1) is 0 Å². The monoisotopic (exact) mass is 113 g/mol. The van der Waals surface area contributed by atoms with Crippen LogP contribution in [-0.4, -0.2) is 52.5 Å². The summed E-state index contributed by atoms with van der Waals surface area (Å²) in [6.07, 6.45) is 0.126. The van der Waals surface area contributed by atoms with Crippen molar-refractivity contribution in [1.29, 1.82) is 0 Å². The molecule has 0 rings (SSSR count). The molecule has 0 amide bonds. The summed E-state index contributed by atoms with van der Waals surface area (Å²) < 4.78 is 0. The second-order valence-electron chi connectivity index (χ2n) is 1.24. The SMILES string of the molecule is CCC(O)CO.[Na]. The average Bonchev–Trinajstić information content (AvgIpc) is 1.65. The zero-order chi connectivity index (χ0) is 4.99. The Labute approximate surface area is 65.8 Å². The van der Waals surface area contributed by atoms with Crippen LogP contribution >= 0.6 is 0 Å². The molecule has 39 valence electrons. The van der Waals surface area contributed by atoms with E-state index in [1.54, 1.807) is 0 Å². The molecule has 3 heteroatoms. The van der Waals surface area contributed by atoms with Gasteiger partial charge in [0.15, 0.2) is 0 Å². The topological polar surface area (TPSA) is 40.5 Å². The van der Waals surface area contributed by atoms with Crippen molar-refractivity contribution in [3.8, 4) is 0 Å². The third-order valence-corrected chi connectivity index (χ3v) is 0.682. The van der Waals surface area contributed by atoms with Crippen LogP contribution in [-0.2, 0) is 0 Å². The van der Waals surface area contributed by atoms with Crippen LogP contribution in [0.15, 0.2) is 0 Å². The first-order chi connectivity index (χ1) is 2.81. The Hall–Kier alpha value is 0.920. The largest absolute Gasteiger partial charge is 0.394 e. The van der Waals surface area contributed by atoms with Crippen molar-refractivity contribution in [3.63, 3.8) is 0 Å². The third kappa shape index (κ3) is 6.92. The Balaban J connectivity index is 0. The molecule has 0 aliphatic carbocycles. The summed E-state index contributed by atoms with van der Waals surface area (Å²) in [5.74, 6) is 0. The van der Waals surface area contributed by atoms with Crippen LogP contribution in [0.1, 0.15) is 13.3 Å². The standard InChI is InChI=1S/C4H10O2.Na/c1-2-4(6)3-5;/h4-6H,2-3H2,1H3;. The van der Waals surface area contributed by atoms with Crippen molar-refractivity contribution in [2.45, 2.75) is 19.4 Å². The van der Waals surface area contributed by atoms with Gasteiger partial charge in [-0.05, 0) is 6.42 Å². The van der Waals surface area contributed by atoms with Gasteiger partial charge in [-0.3, -0.25) is 0 Å². The van der Waals surface area contributed by atoms with E-state index in [1.807, 2.05) is 6.92 Å². The molecule has 0 saturated carbocycles. The Kier molecular flexibility index (Phi) is 10.7. The molecule has 0 aromatic carbocycles. The normalized spacial score (nSPS) is 12.4. The number of aliphatic hydroxyl groups excluding tert-OH is 2. The van der Waals surface area contributed by atoms with Gasteiger partial charge >= 0.3 is 0 Å². The van der Waals surface area contributed by atoms with Gasteiger partial charge in [0.05, 0.1) is 12.7 Å². The average molecular weight is 113 g/mol. The Morgan fingerprint density at radius 3 is 2.00 bits per heavy atom. The van der Waals surface area contributed by atoms with E-state index in [4.69, 9.17) is 10.2 Å². The van der Waals surface area contributed by atoms with E-state index in [0.717, 1.165) is 0 Å². The van der Waals surface area contributed by atoms with Gasteiger partial charge in [0.2, 0.25) is 0 Å². The van der Waals surface area contributed by atoms with E-state index in [9.17, 15) is 0 Å². The molecule has 2 N–H and O–H groups in total. The predicted molar refractivity (Wildman–Crippen MR) is 29.1 cm³/mol. The zero-order valence-electron chi connectivity index (χ0n) is 4.89. The quantitative estimate of drug-likeness (QED) is 0.468. The van der Waals surface area contributed by atoms with Gasteiger partial charge in [0.25, 0.3) is 0 Å². The van der Waals surface area contributed by atoms with E-state index in [0.29, 0.717) is 6.42 Å². The van der Waals surface area contributed by atoms with Crippen molar-refractivity contribution >= 4 is 29.6 Å². The molecule has 2 nitrogen and oxygen atoms in total. The first-order valence-electron chi connectivity index (χ1n) is 2.10. The number of rotatable bonds is 2. The maximum atomic E-state index is 8.42. The molecule has 0 aromatic heterocycles. The molecule has 0 aliphatic rings. The van der Waals surface area contributed by atoms with E-state index in [2.05, 4.69) is 0 Å². The summed E-state index contributed by atoms with van der Waals surface area (Å²) in [6, 6.07) is 0. The molecule has 0 aromatic rings. The second kappa shape index (κ2) is 6.92. The van der Waals surface area contributed by atoms with Crippen molar-refractivity contribution in [2.24, 2.45) is 0 Å². The van der Waals surface area contributed by atoms with Gasteiger partial charge in [0.1, 0.15) is 0 Å². The molecule has 0 heterocycles. The zero-order valence-corrected chi connectivity index (χ0v) is 6.89. The van der Waals surface area contributed by atoms with Gasteiger partial charge in [-0.2, -0.15) is 0 Å². The Bertz CT molecular complexity index is 28.9. The number of aliphatic hydroxyl groups is 2. The van der Waals surface area contributed by atoms with E-state index in [-0.39, 0.29) is 36.2 Å². The van der Waals surface area contributed by atoms with Crippen LogP contribution in [0.4, 0.5) is 0 Å². The summed E-state index contributed by atoms with van der Waals surface area (Å²) in [5.41, 5.74) is 0. The maximum Gasteiger partial charge on any atom is 0.0768 e. The molecular weight excluding hydrogens is 103 g/mol. The fraction of sp³-hybridized carbons (Fsp3) is 1.00. The summed E-state index contributed by atoms with van der Waals surface area (Å²) in [4.78, 5) is 0. The molecule has 1 radical (unpaired) electrons. The summed E-state index contributed by atoms with van der Waals surface area (Å²) >= 11 is 0. The van der Waals surface area contributed by atoms with Crippen molar-refractivity contribution in [1.82, 2.24) is 0 Å². The van der Waals surface area contributed by atoms with Gasteiger partial charge in [0, 0.05) is 29.6 Å². The molecule has 0 aliphatic heterocycles. The van der Waals surface area contributed by atoms with Gasteiger partial charge in [-0.15, -0.1) is 0 Å². The van der Waals surface area contributed by atoms with Crippen molar-refractivity contribution in [3.05, 3.63) is 0 Å². The minimum absolute atomic E-state index is 0. The number of hydrogen-bond donors (Lipinski definition) is 2. The second-order valence-corrected chi connectivity index (χ2v) is 1.24. The van der Waals surface area contributed by atoms with E-state index >= 15 is 0 Å². The van der Waals surface area contributed by atoms with Crippen LogP contribution < -0.4 is 0 Å². The Morgan fingerprint density at radius 2 is 2.00 bits per heavy atom. The summed E-state index contributed by atoms with van der Waals surface area (Å²) in [5, 5.41) is 16.5. The predicted octanol–water partition coefficient (Wildman–Crippen LogP) is -0.631. The molecule has 0 bridgehead atoms. The molecule has 7 heavy (non-hydrogen) atoms. The van der Waals surface area contributed by atoms with E-state index < -0.39 is 6.10 Å². The first-order valence-corrected chi connectivity index (χ1v) is 2.10. The van der Waals surface area contributed by atoms with E-state index in [1.165, 1.54) is 0 Å². The fourth-order valence-corrected chi connectivity index (χ4v) is 0.129. The van der Waals surface area contributed by atoms with Crippen LogP contribution in [0.5, 0.6) is 0 Å². The summed E-state index contributed by atoms with van der Waals surface area (Å²) in [7, 11) is 0. The molecule has 1 unspecified atom stereocenters. The minimum Gasteiger partial charge on any atom is -0.394 e. The molecule has 1 atom stereocenters. The maximum absolute atomic E-state index is 8.42. The van der Waals surface area contributed by atoms with Crippen LogP contribution in [0.3, 0.4) is 0 Å². The molecule has 0 saturated heterocycles. The van der Waals surface area contributed by atoms with Crippen molar-refractivity contribution in [2.75, 3.05) is 6.61 Å². The van der Waals surface area contributed by atoms with Crippen LogP contribution in [0.2, 0.25) is 0 Å². The molecule has 0 spiro atoms. The fourth-order valence-electron chi connectivity index (χ4n) is 0.129. The van der Waals surface area contributed by atoms with Crippen molar-refractivity contribution < 1.29 is 10.2 Å². The number of hydrogen-bond acceptors (Lipinski definition) is 2. The van der Waals surface area contributed by atoms with Gasteiger partial charge < -0.3 is 10.2 Å². The van der Waals surface area contributed by atoms with Gasteiger partial charge in [-0.1, -0.05) is 6.92 Å². The third-order valence-electron chi connectivity index (χ3n) is 0.682. The Morgan fingerprint density at radius 1 is 1.57 bits per heavy atom. The molecule has 0 fully saturated rings. The van der Waals surface area contributed by atoms with Crippen LogP contribution in [0.25, 0.3) is 0 Å². The van der Waals surface area contributed by atoms with Gasteiger partial charge in [-0.25, -0.2) is 0 Å². The molecular formula is C4H10NaO2. The summed E-state index contributed by atoms with van der Waals surface area (Å²) in [6.45, 7) is 1.71.